The fraction of sp³-hybridized carbons (Fsp3) is 0.765. The molecule has 4 atom stereocenters. The standard InChI is InChI=1S/C17H32S2/c1-9-17(10-12(2)3)16(7)19-15(6)13(4)11-14(5)18-8/h9,11-13,15-17H,1,10H2,2-8H3/b14-11+. The Labute approximate surface area is 129 Å². The lowest BCUT2D eigenvalue weighted by Gasteiger charge is -2.27. The Morgan fingerprint density at radius 1 is 1.11 bits per heavy atom. The van der Waals surface area contributed by atoms with Crippen LogP contribution in [0.4, 0.5) is 0 Å². The van der Waals surface area contributed by atoms with E-state index >= 15 is 0 Å². The second kappa shape index (κ2) is 9.99. The molecule has 0 saturated carbocycles. The molecule has 0 aromatic rings. The zero-order chi connectivity index (χ0) is 15.0. The highest BCUT2D eigenvalue weighted by Crippen LogP contribution is 2.33. The smallest absolute Gasteiger partial charge is 0.00844 e. The maximum absolute atomic E-state index is 4.02. The molecule has 0 N–H and O–H groups in total. The van der Waals surface area contributed by atoms with E-state index in [9.17, 15) is 0 Å². The largest absolute Gasteiger partial charge is 0.155 e. The zero-order valence-corrected chi connectivity index (χ0v) is 15.4. The molecule has 19 heavy (non-hydrogen) atoms. The van der Waals surface area contributed by atoms with Gasteiger partial charge >= 0.3 is 0 Å². The Kier molecular flexibility index (Phi) is 10.1. The summed E-state index contributed by atoms with van der Waals surface area (Å²) in [7, 11) is 0. The molecule has 0 amide bonds. The summed E-state index contributed by atoms with van der Waals surface area (Å²) in [6, 6.07) is 0. The molecule has 0 heterocycles. The van der Waals surface area contributed by atoms with Crippen molar-refractivity contribution in [1.82, 2.24) is 0 Å². The number of rotatable bonds is 9. The van der Waals surface area contributed by atoms with Gasteiger partial charge in [-0.05, 0) is 42.3 Å². The highest BCUT2D eigenvalue weighted by Gasteiger charge is 2.20. The van der Waals surface area contributed by atoms with Gasteiger partial charge in [0.2, 0.25) is 0 Å². The topological polar surface area (TPSA) is 0 Å². The molecule has 112 valence electrons. The van der Waals surface area contributed by atoms with Crippen molar-refractivity contribution in [3.05, 3.63) is 23.6 Å². The van der Waals surface area contributed by atoms with Crippen molar-refractivity contribution < 1.29 is 0 Å². The minimum atomic E-state index is 0.629. The van der Waals surface area contributed by atoms with Crippen molar-refractivity contribution in [2.75, 3.05) is 6.26 Å². The molecule has 0 aliphatic rings. The first-order valence-corrected chi connectivity index (χ1v) is 9.48. The second-order valence-electron chi connectivity index (χ2n) is 5.92. The summed E-state index contributed by atoms with van der Waals surface area (Å²) in [5, 5.41) is 1.31. The molecule has 2 heteroatoms. The van der Waals surface area contributed by atoms with Crippen LogP contribution in [0.5, 0.6) is 0 Å². The van der Waals surface area contributed by atoms with E-state index in [1.165, 1.54) is 11.3 Å². The van der Waals surface area contributed by atoms with Crippen LogP contribution < -0.4 is 0 Å². The lowest BCUT2D eigenvalue weighted by molar-refractivity contribution is 0.472. The Bertz CT molecular complexity index is 281. The van der Waals surface area contributed by atoms with E-state index in [-0.39, 0.29) is 0 Å². The Balaban J connectivity index is 4.44. The van der Waals surface area contributed by atoms with Crippen LogP contribution in [-0.4, -0.2) is 16.8 Å². The predicted octanol–water partition coefficient (Wildman–Crippen LogP) is 6.25. The van der Waals surface area contributed by atoms with E-state index in [1.807, 2.05) is 11.8 Å². The molecule has 0 spiro atoms. The van der Waals surface area contributed by atoms with Gasteiger partial charge in [-0.1, -0.05) is 46.8 Å². The van der Waals surface area contributed by atoms with Gasteiger partial charge in [-0.3, -0.25) is 0 Å². The van der Waals surface area contributed by atoms with Gasteiger partial charge in [-0.15, -0.1) is 18.3 Å². The second-order valence-corrected chi connectivity index (χ2v) is 8.73. The van der Waals surface area contributed by atoms with E-state index in [0.29, 0.717) is 22.3 Å². The number of thioether (sulfide) groups is 2. The SMILES string of the molecule is C=CC(CC(C)C)C(C)SC(C)C(C)/C=C(\C)SC. The summed E-state index contributed by atoms with van der Waals surface area (Å²) in [5.41, 5.74) is 0. The van der Waals surface area contributed by atoms with Crippen LogP contribution in [0.1, 0.15) is 48.0 Å². The van der Waals surface area contributed by atoms with Crippen LogP contribution in [-0.2, 0) is 0 Å². The van der Waals surface area contributed by atoms with Crippen molar-refractivity contribution in [2.24, 2.45) is 17.8 Å². The van der Waals surface area contributed by atoms with Gasteiger partial charge in [0.15, 0.2) is 0 Å². The third kappa shape index (κ3) is 8.14. The fourth-order valence-corrected chi connectivity index (χ4v) is 3.94. The molecule has 0 rings (SSSR count). The van der Waals surface area contributed by atoms with Gasteiger partial charge in [0.1, 0.15) is 0 Å². The van der Waals surface area contributed by atoms with Crippen LogP contribution in [0.2, 0.25) is 0 Å². The van der Waals surface area contributed by atoms with Crippen LogP contribution in [0, 0.1) is 17.8 Å². The minimum Gasteiger partial charge on any atom is -0.155 e. The van der Waals surface area contributed by atoms with E-state index in [1.54, 1.807) is 0 Å². The molecule has 0 radical (unpaired) electrons. The van der Waals surface area contributed by atoms with Gasteiger partial charge in [0.05, 0.1) is 0 Å². The number of hydrogen-bond donors (Lipinski definition) is 0. The summed E-state index contributed by atoms with van der Waals surface area (Å²) in [5.74, 6) is 2.01. The molecular weight excluding hydrogens is 268 g/mol. The van der Waals surface area contributed by atoms with Crippen molar-refractivity contribution >= 4 is 23.5 Å². The minimum absolute atomic E-state index is 0.629. The molecule has 0 bridgehead atoms. The third-order valence-electron chi connectivity index (χ3n) is 3.64. The summed E-state index contributed by atoms with van der Waals surface area (Å²) >= 11 is 3.95. The molecule has 0 saturated heterocycles. The van der Waals surface area contributed by atoms with Crippen LogP contribution in [0.25, 0.3) is 0 Å². The molecule has 0 fully saturated rings. The molecule has 0 nitrogen and oxygen atoms in total. The quantitative estimate of drug-likeness (QED) is 0.462. The van der Waals surface area contributed by atoms with Crippen molar-refractivity contribution in [2.45, 2.75) is 58.5 Å². The lowest BCUT2D eigenvalue weighted by atomic mass is 9.95. The van der Waals surface area contributed by atoms with Gasteiger partial charge in [0, 0.05) is 10.5 Å². The average molecular weight is 301 g/mol. The van der Waals surface area contributed by atoms with E-state index < -0.39 is 0 Å². The van der Waals surface area contributed by atoms with Crippen LogP contribution >= 0.6 is 23.5 Å². The highest BCUT2D eigenvalue weighted by atomic mass is 32.2. The number of allylic oxidation sites excluding steroid dienone is 3. The lowest BCUT2D eigenvalue weighted by Crippen LogP contribution is -2.19. The summed E-state index contributed by atoms with van der Waals surface area (Å²) in [6.07, 6.45) is 7.95. The predicted molar refractivity (Wildman–Crippen MR) is 96.1 cm³/mol. The van der Waals surface area contributed by atoms with Gasteiger partial charge in [0.25, 0.3) is 0 Å². The van der Waals surface area contributed by atoms with E-state index in [0.717, 1.165) is 5.92 Å². The monoisotopic (exact) mass is 300 g/mol. The first kappa shape index (κ1) is 19.2. The van der Waals surface area contributed by atoms with Crippen LogP contribution in [0.15, 0.2) is 23.6 Å². The van der Waals surface area contributed by atoms with Crippen molar-refractivity contribution in [3.63, 3.8) is 0 Å². The highest BCUT2D eigenvalue weighted by molar-refractivity contribution is 8.02. The summed E-state index contributed by atoms with van der Waals surface area (Å²) < 4.78 is 0. The summed E-state index contributed by atoms with van der Waals surface area (Å²) in [4.78, 5) is 1.43. The Morgan fingerprint density at radius 2 is 1.68 bits per heavy atom. The van der Waals surface area contributed by atoms with E-state index in [4.69, 9.17) is 0 Å². The first-order valence-electron chi connectivity index (χ1n) is 7.32. The van der Waals surface area contributed by atoms with Crippen molar-refractivity contribution in [1.29, 1.82) is 0 Å². The first-order chi connectivity index (χ1) is 8.81. The summed E-state index contributed by atoms with van der Waals surface area (Å²) in [6.45, 7) is 17.9. The maximum atomic E-state index is 4.02. The molecular formula is C17H32S2. The molecule has 0 aromatic carbocycles. The van der Waals surface area contributed by atoms with E-state index in [2.05, 4.69) is 78.3 Å². The third-order valence-corrected chi connectivity index (χ3v) is 6.06. The molecule has 4 unspecified atom stereocenters. The zero-order valence-electron chi connectivity index (χ0n) is 13.8. The van der Waals surface area contributed by atoms with Gasteiger partial charge in [-0.25, -0.2) is 0 Å². The molecule has 0 aliphatic heterocycles. The van der Waals surface area contributed by atoms with Crippen molar-refractivity contribution in [3.8, 4) is 0 Å². The molecule has 0 aliphatic carbocycles. The van der Waals surface area contributed by atoms with Gasteiger partial charge < -0.3 is 0 Å². The number of hydrogen-bond acceptors (Lipinski definition) is 2. The Hall–Kier alpha value is 0.180. The van der Waals surface area contributed by atoms with Gasteiger partial charge in [-0.2, -0.15) is 11.8 Å². The van der Waals surface area contributed by atoms with Crippen LogP contribution in [0.3, 0.4) is 0 Å². The Morgan fingerprint density at radius 3 is 2.11 bits per heavy atom. The average Bonchev–Trinajstić information content (AvgIpc) is 2.34. The maximum Gasteiger partial charge on any atom is 0.00844 e. The fourth-order valence-electron chi connectivity index (χ4n) is 2.16. The molecule has 0 aromatic heterocycles. The normalized spacial score (nSPS) is 19.1.